The molecule has 0 spiro atoms. The minimum absolute atomic E-state index is 0.00454. The highest BCUT2D eigenvalue weighted by Gasteiger charge is 2.25. The van der Waals surface area contributed by atoms with E-state index in [0.717, 1.165) is 17.7 Å². The maximum absolute atomic E-state index is 9.88. The smallest absolute Gasteiger partial charge is 0.145 e. The van der Waals surface area contributed by atoms with Gasteiger partial charge in [-0.1, -0.05) is 41.6 Å². The molecule has 120 valence electrons. The van der Waals surface area contributed by atoms with Crippen LogP contribution in [0.2, 0.25) is 0 Å². The van der Waals surface area contributed by atoms with Crippen molar-refractivity contribution in [2.24, 2.45) is 5.16 Å². The molecular formula is C17H24N2O3. The Morgan fingerprint density at radius 3 is 2.95 bits per heavy atom. The van der Waals surface area contributed by atoms with Crippen LogP contribution in [0, 0.1) is 0 Å². The van der Waals surface area contributed by atoms with Gasteiger partial charge in [0.2, 0.25) is 0 Å². The fraction of sp³-hybridized carbons (Fsp3) is 0.471. The molecule has 2 rings (SSSR count). The Labute approximate surface area is 131 Å². The van der Waals surface area contributed by atoms with Gasteiger partial charge in [0.1, 0.15) is 6.10 Å². The summed E-state index contributed by atoms with van der Waals surface area (Å²) < 4.78 is 4.97. The maximum atomic E-state index is 9.88. The molecule has 5 nitrogen and oxygen atoms in total. The molecule has 0 unspecified atom stereocenters. The van der Waals surface area contributed by atoms with E-state index in [1.165, 1.54) is 0 Å². The quantitative estimate of drug-likeness (QED) is 0.705. The number of nitrogens with zero attached hydrogens (tertiary/aromatic N) is 2. The van der Waals surface area contributed by atoms with Crippen LogP contribution in [0.4, 0.5) is 0 Å². The normalized spacial score (nSPS) is 18.9. The number of oxime groups is 1. The van der Waals surface area contributed by atoms with Crippen molar-refractivity contribution in [2.75, 3.05) is 33.4 Å². The van der Waals surface area contributed by atoms with Crippen molar-refractivity contribution in [2.45, 2.75) is 18.6 Å². The third-order valence-electron chi connectivity index (χ3n) is 3.52. The summed E-state index contributed by atoms with van der Waals surface area (Å²) in [4.78, 5) is 7.64. The highest BCUT2D eigenvalue weighted by Crippen LogP contribution is 2.17. The number of hydrogen-bond acceptors (Lipinski definition) is 5. The summed E-state index contributed by atoms with van der Waals surface area (Å²) in [5.74, 6) is 0. The van der Waals surface area contributed by atoms with Crippen molar-refractivity contribution in [1.29, 1.82) is 0 Å². The SMILES string of the molecule is C=CCN(C[C@@H](O)COC)C[C@H]1CC(c2ccccc2)=NO1. The van der Waals surface area contributed by atoms with E-state index in [4.69, 9.17) is 9.57 Å². The molecular weight excluding hydrogens is 280 g/mol. The Balaban J connectivity index is 1.86. The molecule has 0 saturated heterocycles. The second-order valence-corrected chi connectivity index (χ2v) is 5.45. The first-order valence-corrected chi connectivity index (χ1v) is 7.51. The fourth-order valence-electron chi connectivity index (χ4n) is 2.56. The predicted octanol–water partition coefficient (Wildman–Crippen LogP) is 1.67. The van der Waals surface area contributed by atoms with E-state index in [-0.39, 0.29) is 6.10 Å². The molecule has 1 N–H and O–H groups in total. The molecule has 5 heteroatoms. The van der Waals surface area contributed by atoms with Gasteiger partial charge >= 0.3 is 0 Å². The number of rotatable bonds is 9. The first kappa shape index (κ1) is 16.7. The molecule has 0 radical (unpaired) electrons. The lowest BCUT2D eigenvalue weighted by Crippen LogP contribution is -2.39. The van der Waals surface area contributed by atoms with Crippen LogP contribution in [-0.2, 0) is 9.57 Å². The van der Waals surface area contributed by atoms with Crippen LogP contribution in [0.15, 0.2) is 48.1 Å². The zero-order valence-corrected chi connectivity index (χ0v) is 13.0. The van der Waals surface area contributed by atoms with E-state index in [1.54, 1.807) is 7.11 Å². The molecule has 1 aromatic carbocycles. The van der Waals surface area contributed by atoms with Gasteiger partial charge in [-0.25, -0.2) is 0 Å². The number of aliphatic hydroxyl groups is 1. The number of aliphatic hydroxyl groups excluding tert-OH is 1. The zero-order valence-electron chi connectivity index (χ0n) is 13.0. The lowest BCUT2D eigenvalue weighted by molar-refractivity contribution is 0.0154. The molecule has 0 aliphatic carbocycles. The standard InChI is InChI=1S/C17H24N2O3/c1-3-9-19(11-15(20)13-21-2)12-16-10-17(18-22-16)14-7-5-4-6-8-14/h3-8,15-16,20H,1,9-13H2,2H3/t15-,16-/m1/s1. The minimum Gasteiger partial charge on any atom is -0.390 e. The average molecular weight is 304 g/mol. The fourth-order valence-corrected chi connectivity index (χ4v) is 2.56. The molecule has 1 aromatic rings. The van der Waals surface area contributed by atoms with Gasteiger partial charge in [-0.3, -0.25) is 4.90 Å². The second kappa shape index (κ2) is 8.68. The van der Waals surface area contributed by atoms with Crippen molar-refractivity contribution in [3.63, 3.8) is 0 Å². The number of methoxy groups -OCH3 is 1. The Morgan fingerprint density at radius 2 is 2.27 bits per heavy atom. The van der Waals surface area contributed by atoms with Gasteiger partial charge in [-0.2, -0.15) is 0 Å². The summed E-state index contributed by atoms with van der Waals surface area (Å²) in [5, 5.41) is 14.1. The van der Waals surface area contributed by atoms with Gasteiger partial charge in [-0.15, -0.1) is 6.58 Å². The number of benzene rings is 1. The summed E-state index contributed by atoms with van der Waals surface area (Å²) in [7, 11) is 1.58. The Hall–Kier alpha value is -1.69. The second-order valence-electron chi connectivity index (χ2n) is 5.45. The van der Waals surface area contributed by atoms with Gasteiger partial charge in [0, 0.05) is 33.2 Å². The molecule has 0 amide bonds. The van der Waals surface area contributed by atoms with Crippen LogP contribution in [0.25, 0.3) is 0 Å². The topological polar surface area (TPSA) is 54.3 Å². The maximum Gasteiger partial charge on any atom is 0.145 e. The van der Waals surface area contributed by atoms with Crippen LogP contribution in [0.1, 0.15) is 12.0 Å². The van der Waals surface area contributed by atoms with Crippen LogP contribution in [-0.4, -0.2) is 61.3 Å². The van der Waals surface area contributed by atoms with Crippen molar-refractivity contribution in [3.8, 4) is 0 Å². The summed E-state index contributed by atoms with van der Waals surface area (Å²) in [6.07, 6.45) is 2.09. The molecule has 1 heterocycles. The lowest BCUT2D eigenvalue weighted by Gasteiger charge is -2.25. The van der Waals surface area contributed by atoms with Gasteiger partial charge in [0.25, 0.3) is 0 Å². The Kier molecular flexibility index (Phi) is 6.58. The first-order valence-electron chi connectivity index (χ1n) is 7.51. The molecule has 22 heavy (non-hydrogen) atoms. The highest BCUT2D eigenvalue weighted by molar-refractivity contribution is 6.01. The van der Waals surface area contributed by atoms with E-state index >= 15 is 0 Å². The van der Waals surface area contributed by atoms with E-state index < -0.39 is 6.10 Å². The number of hydrogen-bond donors (Lipinski definition) is 1. The third-order valence-corrected chi connectivity index (χ3v) is 3.52. The van der Waals surface area contributed by atoms with Crippen LogP contribution in [0.3, 0.4) is 0 Å². The molecule has 1 aliphatic heterocycles. The van der Waals surface area contributed by atoms with Gasteiger partial charge in [0.05, 0.1) is 18.4 Å². The van der Waals surface area contributed by atoms with E-state index in [0.29, 0.717) is 26.2 Å². The largest absolute Gasteiger partial charge is 0.390 e. The lowest BCUT2D eigenvalue weighted by atomic mass is 10.0. The molecule has 1 aliphatic rings. The van der Waals surface area contributed by atoms with Crippen LogP contribution in [0.5, 0.6) is 0 Å². The number of ether oxygens (including phenoxy) is 1. The van der Waals surface area contributed by atoms with Gasteiger partial charge < -0.3 is 14.7 Å². The van der Waals surface area contributed by atoms with Crippen LogP contribution >= 0.6 is 0 Å². The Morgan fingerprint density at radius 1 is 1.50 bits per heavy atom. The van der Waals surface area contributed by atoms with Crippen LogP contribution < -0.4 is 0 Å². The Bertz CT molecular complexity index is 490. The molecule has 0 aromatic heterocycles. The van der Waals surface area contributed by atoms with E-state index in [9.17, 15) is 5.11 Å². The van der Waals surface area contributed by atoms with Crippen molar-refractivity contribution in [3.05, 3.63) is 48.6 Å². The monoisotopic (exact) mass is 304 g/mol. The zero-order chi connectivity index (χ0) is 15.8. The molecule has 0 bridgehead atoms. The van der Waals surface area contributed by atoms with Gasteiger partial charge in [-0.05, 0) is 5.56 Å². The van der Waals surface area contributed by atoms with Crippen molar-refractivity contribution >= 4 is 5.71 Å². The molecule has 0 fully saturated rings. The summed E-state index contributed by atoms with van der Waals surface area (Å²) in [5.41, 5.74) is 2.07. The molecule has 2 atom stereocenters. The minimum atomic E-state index is -0.513. The summed E-state index contributed by atoms with van der Waals surface area (Å²) >= 11 is 0. The van der Waals surface area contributed by atoms with E-state index in [2.05, 4.69) is 16.6 Å². The molecule has 0 saturated carbocycles. The summed E-state index contributed by atoms with van der Waals surface area (Å²) in [6.45, 7) is 6.02. The van der Waals surface area contributed by atoms with Gasteiger partial charge in [0.15, 0.2) is 0 Å². The highest BCUT2D eigenvalue weighted by atomic mass is 16.6. The summed E-state index contributed by atoms with van der Waals surface area (Å²) in [6, 6.07) is 10.1. The average Bonchev–Trinajstić information content (AvgIpc) is 2.97. The first-order chi connectivity index (χ1) is 10.7. The van der Waals surface area contributed by atoms with E-state index in [1.807, 2.05) is 36.4 Å². The predicted molar refractivity (Wildman–Crippen MR) is 87.0 cm³/mol. The van der Waals surface area contributed by atoms with Crippen molar-refractivity contribution in [1.82, 2.24) is 4.90 Å². The third kappa shape index (κ3) is 4.94. The van der Waals surface area contributed by atoms with Crippen molar-refractivity contribution < 1.29 is 14.7 Å².